The summed E-state index contributed by atoms with van der Waals surface area (Å²) in [4.78, 5) is 77.1. The van der Waals surface area contributed by atoms with Crippen LogP contribution in [0.3, 0.4) is 0 Å². The number of aromatic hydroxyl groups is 4. The first-order chi connectivity index (χ1) is 33.6. The summed E-state index contributed by atoms with van der Waals surface area (Å²) in [5, 5.41) is 61.3. The Morgan fingerprint density at radius 3 is 1.26 bits per heavy atom. The van der Waals surface area contributed by atoms with Crippen LogP contribution in [0.25, 0.3) is 0 Å². The second-order valence-corrected chi connectivity index (χ2v) is 17.7. The molecule has 0 saturated heterocycles. The lowest BCUT2D eigenvalue weighted by Crippen LogP contribution is -2.44. The van der Waals surface area contributed by atoms with Gasteiger partial charge in [0.1, 0.15) is 47.2 Å². The number of hydrogen-bond acceptors (Lipinski definition) is 16. The highest BCUT2D eigenvalue weighted by Gasteiger charge is 2.27. The Hall–Kier alpha value is -7.44. The zero-order valence-corrected chi connectivity index (χ0v) is 39.9. The number of nitroso groups, excluding NO2 is 4. The van der Waals surface area contributed by atoms with Crippen LogP contribution in [-0.4, -0.2) is 67.7 Å². The number of carbonyl (C=O) groups is 2. The van der Waals surface area contributed by atoms with Crippen molar-refractivity contribution in [3.8, 4) is 23.0 Å². The van der Waals surface area contributed by atoms with Crippen LogP contribution in [-0.2, 0) is 42.2 Å². The lowest BCUT2D eigenvalue weighted by Gasteiger charge is -2.36. The van der Waals surface area contributed by atoms with E-state index in [1.165, 1.54) is 24.3 Å². The fraction of sp³-hybridized carbons (Fsp3) is 0.385. The van der Waals surface area contributed by atoms with E-state index in [9.17, 15) is 49.6 Å². The van der Waals surface area contributed by atoms with Crippen LogP contribution in [0.2, 0.25) is 0 Å². The van der Waals surface area contributed by atoms with Crippen molar-refractivity contribution in [3.05, 3.63) is 173 Å². The van der Waals surface area contributed by atoms with E-state index in [0.29, 0.717) is 52.9 Å². The number of nitrogens with one attached hydrogen (secondary N) is 2. The Balaban J connectivity index is 1.53. The molecule has 2 amide bonds. The molecule has 0 aliphatic heterocycles. The normalized spacial score (nSPS) is 13.5. The number of nitrogens with zero attached hydrogens (tertiary/aromatic N) is 6. The van der Waals surface area contributed by atoms with Crippen molar-refractivity contribution in [2.45, 2.75) is 110 Å². The van der Waals surface area contributed by atoms with Crippen molar-refractivity contribution in [3.63, 3.8) is 0 Å². The van der Waals surface area contributed by atoms with Gasteiger partial charge in [-0.15, -0.1) is 0 Å². The van der Waals surface area contributed by atoms with Gasteiger partial charge in [0.2, 0.25) is 11.8 Å². The number of phenols is 4. The van der Waals surface area contributed by atoms with Crippen LogP contribution < -0.4 is 10.6 Å². The highest BCUT2D eigenvalue weighted by molar-refractivity contribution is 5.78. The van der Waals surface area contributed by atoms with Gasteiger partial charge in [0.05, 0.1) is 6.42 Å². The van der Waals surface area contributed by atoms with Crippen LogP contribution in [0, 0.1) is 19.6 Å². The van der Waals surface area contributed by atoms with Crippen molar-refractivity contribution in [1.29, 1.82) is 0 Å². The molecular formula is C52H62N8O10. The van der Waals surface area contributed by atoms with Crippen molar-refractivity contribution in [2.24, 2.45) is 20.7 Å². The number of phenolic OH excluding ortho intramolecular Hbond substituents is 4. The van der Waals surface area contributed by atoms with Crippen LogP contribution in [0.1, 0.15) is 121 Å². The van der Waals surface area contributed by atoms with Crippen LogP contribution in [0.4, 0.5) is 0 Å². The number of benzene rings is 5. The molecule has 18 heteroatoms. The summed E-state index contributed by atoms with van der Waals surface area (Å²) < 4.78 is 0. The summed E-state index contributed by atoms with van der Waals surface area (Å²) in [6.07, 6.45) is 1.08. The minimum atomic E-state index is -0.864. The van der Waals surface area contributed by atoms with E-state index in [1.54, 1.807) is 76.2 Å². The Labute approximate surface area is 407 Å². The van der Waals surface area contributed by atoms with E-state index in [4.69, 9.17) is 0 Å². The molecule has 0 spiro atoms. The number of hydrogen-bond donors (Lipinski definition) is 6. The molecule has 0 fully saturated rings. The molecule has 5 rings (SSSR count). The summed E-state index contributed by atoms with van der Waals surface area (Å²) in [5.41, 5.74) is 5.06. The quantitative estimate of drug-likeness (QED) is 0.0202. The third kappa shape index (κ3) is 15.5. The number of carbonyl (C=O) groups excluding carboxylic acids is 2. The van der Waals surface area contributed by atoms with E-state index in [0.717, 1.165) is 16.7 Å². The topological polar surface area (TPSA) is 263 Å². The van der Waals surface area contributed by atoms with Crippen LogP contribution in [0.15, 0.2) is 124 Å². The van der Waals surface area contributed by atoms with E-state index in [1.807, 2.05) is 30.3 Å². The zero-order valence-electron chi connectivity index (χ0n) is 39.9. The maximum atomic E-state index is 13.7. The van der Waals surface area contributed by atoms with Crippen molar-refractivity contribution in [2.75, 3.05) is 19.6 Å². The fourth-order valence-corrected chi connectivity index (χ4v) is 8.32. The zero-order chi connectivity index (χ0) is 50.7. The summed E-state index contributed by atoms with van der Waals surface area (Å²) in [6.45, 7) is 8.17. The molecule has 0 aromatic heterocycles. The second kappa shape index (κ2) is 26.4. The van der Waals surface area contributed by atoms with Crippen LogP contribution in [0.5, 0.6) is 23.0 Å². The highest BCUT2D eigenvalue weighted by Crippen LogP contribution is 2.33. The van der Waals surface area contributed by atoms with Gasteiger partial charge in [-0.05, 0) is 117 Å². The molecule has 0 aliphatic rings. The second-order valence-electron chi connectivity index (χ2n) is 17.7. The lowest BCUT2D eigenvalue weighted by molar-refractivity contribution is -0.121. The lowest BCUT2D eigenvalue weighted by atomic mass is 9.99. The van der Waals surface area contributed by atoms with Gasteiger partial charge in [-0.1, -0.05) is 75.3 Å². The van der Waals surface area contributed by atoms with Gasteiger partial charge in [-0.3, -0.25) is 19.4 Å². The molecular weight excluding hydrogens is 897 g/mol. The third-order valence-corrected chi connectivity index (χ3v) is 12.3. The number of amides is 2. The highest BCUT2D eigenvalue weighted by atomic mass is 16.3. The molecule has 5 aromatic carbocycles. The van der Waals surface area contributed by atoms with Gasteiger partial charge in [-0.2, -0.15) is 19.6 Å². The summed E-state index contributed by atoms with van der Waals surface area (Å²) in [5.74, 6) is -0.751. The minimum Gasteiger partial charge on any atom is -0.508 e. The fourth-order valence-electron chi connectivity index (χ4n) is 8.32. The molecule has 0 saturated carbocycles. The van der Waals surface area contributed by atoms with Gasteiger partial charge >= 0.3 is 0 Å². The predicted octanol–water partition coefficient (Wildman–Crippen LogP) is 9.54. The van der Waals surface area contributed by atoms with Crippen molar-refractivity contribution >= 4 is 11.8 Å². The molecule has 5 unspecified atom stereocenters. The molecule has 0 bridgehead atoms. The molecule has 6 N–H and O–H groups in total. The maximum absolute atomic E-state index is 13.7. The Kier molecular flexibility index (Phi) is 20.1. The van der Waals surface area contributed by atoms with Gasteiger partial charge in [0.15, 0.2) is 0 Å². The Bertz CT molecular complexity index is 2450. The van der Waals surface area contributed by atoms with E-state index < -0.39 is 30.2 Å². The Morgan fingerprint density at radius 2 is 0.871 bits per heavy atom. The first-order valence-corrected chi connectivity index (χ1v) is 23.2. The standard InChI is InChI=1S/C52H62N8O10/c1-33(55-67)43-23-38(11-16-47(43)61)28-59(29-39-12-17-48(62)44(24-39)34(2)56-68)32-42(15-20-51(65)53-21-8-22-54-52(66)27-37-9-6-5-7-10-37)60(30-40-13-18-49(63)45(25-40)35(3)57-69)31-41-14-19-50(64)46(26-41)36(4)58-70/h5-7,9-14,16-19,23-26,33-36,42,61-64H,8,15,20-22,27-32H2,1-4H3,(H,53,65)(H,54,66). The molecule has 0 heterocycles. The maximum Gasteiger partial charge on any atom is 0.224 e. The summed E-state index contributed by atoms with van der Waals surface area (Å²) >= 11 is 0. The monoisotopic (exact) mass is 958 g/mol. The molecule has 0 aliphatic carbocycles. The molecule has 70 heavy (non-hydrogen) atoms. The van der Waals surface area contributed by atoms with Gasteiger partial charge in [-0.25, -0.2) is 0 Å². The first kappa shape index (κ1) is 53.5. The number of rotatable bonds is 28. The van der Waals surface area contributed by atoms with E-state index in [-0.39, 0.29) is 86.8 Å². The van der Waals surface area contributed by atoms with E-state index in [2.05, 4.69) is 41.1 Å². The third-order valence-electron chi connectivity index (χ3n) is 12.3. The average molecular weight is 959 g/mol. The van der Waals surface area contributed by atoms with Gasteiger partial charge in [0.25, 0.3) is 0 Å². The van der Waals surface area contributed by atoms with Crippen molar-refractivity contribution in [1.82, 2.24) is 20.4 Å². The largest absolute Gasteiger partial charge is 0.508 e. The van der Waals surface area contributed by atoms with Gasteiger partial charge in [0, 0.05) is 80.5 Å². The summed E-state index contributed by atoms with van der Waals surface area (Å²) in [6, 6.07) is 25.2. The molecule has 370 valence electrons. The smallest absolute Gasteiger partial charge is 0.224 e. The molecule has 0 radical (unpaired) electrons. The van der Waals surface area contributed by atoms with E-state index >= 15 is 0 Å². The van der Waals surface area contributed by atoms with Crippen molar-refractivity contribution < 1.29 is 30.0 Å². The SMILES string of the molecule is CC(N=O)c1cc(CN(Cc2ccc(O)c(C(C)N=O)c2)CC(CCC(=O)NCCCNC(=O)Cc2ccccc2)N(Cc2ccc(O)c(C(C)N=O)c2)Cc2ccc(O)c(C(C)N=O)c2)ccc1O. The minimum absolute atomic E-state index is 0.0625. The average Bonchev–Trinajstić information content (AvgIpc) is 3.36. The summed E-state index contributed by atoms with van der Waals surface area (Å²) in [7, 11) is 0. The molecule has 5 atom stereocenters. The van der Waals surface area contributed by atoms with Crippen LogP contribution >= 0.6 is 0 Å². The molecule has 5 aromatic rings. The molecule has 18 nitrogen and oxygen atoms in total. The predicted molar refractivity (Wildman–Crippen MR) is 266 cm³/mol. The Morgan fingerprint density at radius 1 is 0.500 bits per heavy atom. The van der Waals surface area contributed by atoms with Gasteiger partial charge < -0.3 is 31.1 Å². The first-order valence-electron chi connectivity index (χ1n) is 23.2.